The van der Waals surface area contributed by atoms with E-state index in [0.717, 1.165) is 17.0 Å². The zero-order valence-electron chi connectivity index (χ0n) is 14.1. The maximum Gasteiger partial charge on any atom is 0.224 e. The fraction of sp³-hybridized carbons (Fsp3) is 0.211. The third kappa shape index (κ3) is 4.44. The number of nitrogens with one attached hydrogen (secondary N) is 1. The Morgan fingerprint density at radius 1 is 1.16 bits per heavy atom. The van der Waals surface area contributed by atoms with Crippen LogP contribution >= 0.6 is 0 Å². The largest absolute Gasteiger partial charge is 0.493 e. The van der Waals surface area contributed by atoms with Gasteiger partial charge in [-0.15, -0.1) is 0 Å². The Hall–Kier alpha value is -3.15. The van der Waals surface area contributed by atoms with E-state index in [1.807, 2.05) is 55.5 Å². The molecule has 0 aliphatic carbocycles. The van der Waals surface area contributed by atoms with Gasteiger partial charge in [0, 0.05) is 6.42 Å². The highest BCUT2D eigenvalue weighted by Gasteiger charge is 2.08. The van der Waals surface area contributed by atoms with Crippen molar-refractivity contribution in [1.82, 2.24) is 14.8 Å². The minimum Gasteiger partial charge on any atom is -0.493 e. The minimum absolute atomic E-state index is 0.0547. The molecule has 0 bridgehead atoms. The van der Waals surface area contributed by atoms with E-state index in [1.54, 1.807) is 11.0 Å². The van der Waals surface area contributed by atoms with Crippen LogP contribution in [0.3, 0.4) is 0 Å². The number of hydrogen-bond donors (Lipinski definition) is 1. The molecule has 0 aliphatic heterocycles. The van der Waals surface area contributed by atoms with Gasteiger partial charge in [0.05, 0.1) is 18.0 Å². The molecule has 0 aliphatic rings. The number of rotatable bonds is 7. The Bertz CT molecular complexity index is 831. The van der Waals surface area contributed by atoms with E-state index >= 15 is 0 Å². The molecule has 0 atom stereocenters. The standard InChI is InChI=1S/C19H20N4O2/c1-15-7-2-5-10-18(15)25-12-6-11-19(24)22-16-8-3-4-9-17(16)23-14-20-13-21-23/h2-5,7-10,13-14H,6,11-12H2,1H3,(H,22,24). The first-order valence-corrected chi connectivity index (χ1v) is 8.16. The molecular weight excluding hydrogens is 316 g/mol. The van der Waals surface area contributed by atoms with Gasteiger partial charge in [-0.1, -0.05) is 30.3 Å². The van der Waals surface area contributed by atoms with Crippen LogP contribution in [0.4, 0.5) is 5.69 Å². The number of carbonyl (C=O) groups is 1. The van der Waals surface area contributed by atoms with E-state index in [0.29, 0.717) is 25.1 Å². The summed E-state index contributed by atoms with van der Waals surface area (Å²) in [7, 11) is 0. The average molecular weight is 336 g/mol. The van der Waals surface area contributed by atoms with Crippen molar-refractivity contribution < 1.29 is 9.53 Å². The van der Waals surface area contributed by atoms with Gasteiger partial charge in [-0.25, -0.2) is 9.67 Å². The van der Waals surface area contributed by atoms with Crippen molar-refractivity contribution >= 4 is 11.6 Å². The quantitative estimate of drug-likeness (QED) is 0.672. The number of anilines is 1. The van der Waals surface area contributed by atoms with Crippen LogP contribution in [-0.2, 0) is 4.79 Å². The predicted molar refractivity (Wildman–Crippen MR) is 95.9 cm³/mol. The summed E-state index contributed by atoms with van der Waals surface area (Å²) < 4.78 is 7.34. The maximum absolute atomic E-state index is 12.2. The van der Waals surface area contributed by atoms with Crippen molar-refractivity contribution in [2.75, 3.05) is 11.9 Å². The Kier molecular flexibility index (Phi) is 5.41. The fourth-order valence-corrected chi connectivity index (χ4v) is 2.46. The van der Waals surface area contributed by atoms with Crippen molar-refractivity contribution in [3.05, 3.63) is 66.7 Å². The maximum atomic E-state index is 12.2. The molecule has 2 aromatic carbocycles. The number of amides is 1. The third-order valence-electron chi connectivity index (χ3n) is 3.74. The molecule has 6 nitrogen and oxygen atoms in total. The van der Waals surface area contributed by atoms with Crippen LogP contribution < -0.4 is 10.1 Å². The molecule has 1 heterocycles. The van der Waals surface area contributed by atoms with Gasteiger partial charge in [0.25, 0.3) is 0 Å². The molecule has 0 fully saturated rings. The number of aromatic nitrogens is 3. The lowest BCUT2D eigenvalue weighted by Gasteiger charge is -2.11. The van der Waals surface area contributed by atoms with Crippen LogP contribution in [0, 0.1) is 6.92 Å². The molecule has 3 rings (SSSR count). The number of benzene rings is 2. The third-order valence-corrected chi connectivity index (χ3v) is 3.74. The van der Waals surface area contributed by atoms with Gasteiger partial charge in [0.15, 0.2) is 0 Å². The molecule has 0 spiro atoms. The molecule has 0 unspecified atom stereocenters. The smallest absolute Gasteiger partial charge is 0.224 e. The van der Waals surface area contributed by atoms with Crippen LogP contribution in [0.5, 0.6) is 5.75 Å². The summed E-state index contributed by atoms with van der Waals surface area (Å²) in [5.74, 6) is 0.806. The summed E-state index contributed by atoms with van der Waals surface area (Å²) >= 11 is 0. The Labute approximate surface area is 146 Å². The molecule has 1 aromatic heterocycles. The van der Waals surface area contributed by atoms with Gasteiger partial charge in [0.2, 0.25) is 5.91 Å². The number of nitrogens with zero attached hydrogens (tertiary/aromatic N) is 3. The molecule has 0 saturated carbocycles. The zero-order chi connectivity index (χ0) is 17.5. The lowest BCUT2D eigenvalue weighted by atomic mass is 10.2. The minimum atomic E-state index is -0.0547. The van der Waals surface area contributed by atoms with E-state index in [2.05, 4.69) is 15.4 Å². The molecular formula is C19H20N4O2. The molecule has 25 heavy (non-hydrogen) atoms. The van der Waals surface area contributed by atoms with E-state index in [4.69, 9.17) is 4.74 Å². The highest BCUT2D eigenvalue weighted by atomic mass is 16.5. The zero-order valence-corrected chi connectivity index (χ0v) is 14.1. The van der Waals surface area contributed by atoms with Crippen molar-refractivity contribution in [2.45, 2.75) is 19.8 Å². The summed E-state index contributed by atoms with van der Waals surface area (Å²) in [5.41, 5.74) is 2.58. The summed E-state index contributed by atoms with van der Waals surface area (Å²) in [5, 5.41) is 7.03. The number of para-hydroxylation sites is 3. The molecule has 128 valence electrons. The van der Waals surface area contributed by atoms with Crippen LogP contribution in [-0.4, -0.2) is 27.3 Å². The summed E-state index contributed by atoms with van der Waals surface area (Å²) in [6.07, 6.45) is 4.09. The van der Waals surface area contributed by atoms with Gasteiger partial charge >= 0.3 is 0 Å². The Morgan fingerprint density at radius 2 is 1.96 bits per heavy atom. The number of carbonyl (C=O) groups excluding carboxylic acids is 1. The summed E-state index contributed by atoms with van der Waals surface area (Å²) in [6, 6.07) is 15.3. The fourth-order valence-electron chi connectivity index (χ4n) is 2.46. The SMILES string of the molecule is Cc1ccccc1OCCCC(=O)Nc1ccccc1-n1cncn1. The first-order chi connectivity index (χ1) is 12.2. The normalized spacial score (nSPS) is 10.4. The van der Waals surface area contributed by atoms with Crippen molar-refractivity contribution in [2.24, 2.45) is 0 Å². The second-order valence-corrected chi connectivity index (χ2v) is 5.62. The summed E-state index contributed by atoms with van der Waals surface area (Å²) in [6.45, 7) is 2.51. The average Bonchev–Trinajstić information content (AvgIpc) is 3.15. The molecule has 1 N–H and O–H groups in total. The van der Waals surface area contributed by atoms with Gasteiger partial charge in [0.1, 0.15) is 18.4 Å². The van der Waals surface area contributed by atoms with Gasteiger partial charge < -0.3 is 10.1 Å². The van der Waals surface area contributed by atoms with Crippen molar-refractivity contribution in [3.63, 3.8) is 0 Å². The van der Waals surface area contributed by atoms with Gasteiger partial charge in [-0.2, -0.15) is 5.10 Å². The van der Waals surface area contributed by atoms with Gasteiger partial charge in [-0.3, -0.25) is 4.79 Å². The number of hydrogen-bond acceptors (Lipinski definition) is 4. The van der Waals surface area contributed by atoms with Crippen LogP contribution in [0.25, 0.3) is 5.69 Å². The van der Waals surface area contributed by atoms with E-state index in [9.17, 15) is 4.79 Å². The van der Waals surface area contributed by atoms with E-state index in [1.165, 1.54) is 6.33 Å². The topological polar surface area (TPSA) is 69.0 Å². The first-order valence-electron chi connectivity index (χ1n) is 8.16. The van der Waals surface area contributed by atoms with E-state index in [-0.39, 0.29) is 5.91 Å². The number of aryl methyl sites for hydroxylation is 1. The predicted octanol–water partition coefficient (Wildman–Crippen LogP) is 3.37. The van der Waals surface area contributed by atoms with Gasteiger partial charge in [-0.05, 0) is 37.1 Å². The lowest BCUT2D eigenvalue weighted by Crippen LogP contribution is -2.14. The highest BCUT2D eigenvalue weighted by Crippen LogP contribution is 2.19. The van der Waals surface area contributed by atoms with Crippen LogP contribution in [0.15, 0.2) is 61.2 Å². The Balaban J connectivity index is 1.51. The highest BCUT2D eigenvalue weighted by molar-refractivity contribution is 5.92. The Morgan fingerprint density at radius 3 is 2.76 bits per heavy atom. The first kappa shape index (κ1) is 16.7. The molecule has 6 heteroatoms. The molecule has 0 saturated heterocycles. The van der Waals surface area contributed by atoms with Crippen LogP contribution in [0.1, 0.15) is 18.4 Å². The molecule has 3 aromatic rings. The second kappa shape index (κ2) is 8.10. The van der Waals surface area contributed by atoms with Crippen LogP contribution in [0.2, 0.25) is 0 Å². The lowest BCUT2D eigenvalue weighted by molar-refractivity contribution is -0.116. The summed E-state index contributed by atoms with van der Waals surface area (Å²) in [4.78, 5) is 16.1. The molecule has 1 amide bonds. The number of ether oxygens (including phenoxy) is 1. The monoisotopic (exact) mass is 336 g/mol. The second-order valence-electron chi connectivity index (χ2n) is 5.62. The van der Waals surface area contributed by atoms with E-state index < -0.39 is 0 Å². The molecule has 0 radical (unpaired) electrons. The van der Waals surface area contributed by atoms with Crippen molar-refractivity contribution in [1.29, 1.82) is 0 Å². The van der Waals surface area contributed by atoms with Crippen molar-refractivity contribution in [3.8, 4) is 11.4 Å².